The number of carboxylic acid groups (broad SMARTS) is 1. The predicted molar refractivity (Wildman–Crippen MR) is 78.9 cm³/mol. The summed E-state index contributed by atoms with van der Waals surface area (Å²) in [5, 5.41) is 10.1. The molecule has 21 heavy (non-hydrogen) atoms. The summed E-state index contributed by atoms with van der Waals surface area (Å²) in [6, 6.07) is 19.0. The van der Waals surface area contributed by atoms with E-state index in [0.29, 0.717) is 5.56 Å². The Kier molecular flexibility index (Phi) is 6.19. The van der Waals surface area contributed by atoms with Gasteiger partial charge < -0.3 is 12.5 Å². The van der Waals surface area contributed by atoms with Crippen LogP contribution < -0.4 is 4.57 Å². The molecule has 0 fully saturated rings. The number of aromatic nitrogens is 1. The van der Waals surface area contributed by atoms with Gasteiger partial charge in [-0.25, -0.2) is 4.79 Å². The fraction of sp³-hybridized carbons (Fsp3) is 0. The van der Waals surface area contributed by atoms with Crippen LogP contribution in [0.4, 0.5) is 0 Å². The maximum absolute atomic E-state index is 10.9. The first-order valence-electron chi connectivity index (χ1n) is 5.99. The molecular formula is C17H15NO2Y. The molecule has 0 bridgehead atoms. The fourth-order valence-corrected chi connectivity index (χ4v) is 2.15. The van der Waals surface area contributed by atoms with E-state index < -0.39 is 5.97 Å². The van der Waals surface area contributed by atoms with Gasteiger partial charge in [-0.1, -0.05) is 12.1 Å². The maximum Gasteiger partial charge on any atom is 0.335 e. The Bertz CT molecular complexity index is 749. The Morgan fingerprint density at radius 2 is 1.52 bits per heavy atom. The van der Waals surface area contributed by atoms with Crippen molar-refractivity contribution in [3.05, 3.63) is 79.9 Å². The Morgan fingerprint density at radius 3 is 2.19 bits per heavy atom. The zero-order valence-corrected chi connectivity index (χ0v) is 14.6. The second-order valence-electron chi connectivity index (χ2n) is 4.29. The van der Waals surface area contributed by atoms with E-state index in [2.05, 4.69) is 12.1 Å². The van der Waals surface area contributed by atoms with E-state index in [1.165, 1.54) is 0 Å². The maximum atomic E-state index is 10.9. The number of hydrogen-bond donors (Lipinski definition) is 1. The van der Waals surface area contributed by atoms with Crippen LogP contribution in [-0.2, 0) is 32.7 Å². The van der Waals surface area contributed by atoms with Crippen LogP contribution in [0.25, 0.3) is 16.6 Å². The molecule has 0 unspecified atom stereocenters. The molecule has 0 aliphatic carbocycles. The third-order valence-electron chi connectivity index (χ3n) is 3.10. The van der Waals surface area contributed by atoms with Crippen LogP contribution >= 0.6 is 0 Å². The molecule has 1 radical (unpaired) electrons. The molecule has 0 aliphatic rings. The topological polar surface area (TPSA) is 41.2 Å². The smallest absolute Gasteiger partial charge is 0.335 e. The Morgan fingerprint density at radius 1 is 0.905 bits per heavy atom. The number of aromatic carboxylic acids is 1. The molecule has 3 nitrogen and oxygen atoms in total. The van der Waals surface area contributed by atoms with E-state index in [1.807, 2.05) is 47.2 Å². The molecule has 0 spiro atoms. The van der Waals surface area contributed by atoms with Gasteiger partial charge in [0.25, 0.3) is 0 Å². The van der Waals surface area contributed by atoms with E-state index in [9.17, 15) is 4.79 Å². The zero-order valence-electron chi connectivity index (χ0n) is 11.7. The van der Waals surface area contributed by atoms with Crippen molar-refractivity contribution in [3.63, 3.8) is 0 Å². The number of hydrogen-bond acceptors (Lipinski definition) is 1. The Hall–Kier alpha value is -1.58. The van der Waals surface area contributed by atoms with Gasteiger partial charge in [0.05, 0.1) is 5.56 Å². The monoisotopic (exact) mass is 354 g/mol. The summed E-state index contributed by atoms with van der Waals surface area (Å²) in [4.78, 5) is 10.9. The summed E-state index contributed by atoms with van der Waals surface area (Å²) in [5.41, 5.74) is 2.33. The number of nitrogens with zero attached hydrogens (tertiary/aromatic N) is 1. The van der Waals surface area contributed by atoms with Crippen molar-refractivity contribution >= 4 is 16.9 Å². The molecule has 0 amide bonds. The van der Waals surface area contributed by atoms with Gasteiger partial charge in [0, 0.05) is 62.4 Å². The molecule has 0 atom stereocenters. The van der Waals surface area contributed by atoms with Crippen molar-refractivity contribution in [2.45, 2.75) is 0 Å². The molecule has 0 saturated carbocycles. The van der Waals surface area contributed by atoms with Gasteiger partial charge in [-0.15, -0.1) is 0 Å². The van der Waals surface area contributed by atoms with E-state index in [1.54, 1.807) is 12.1 Å². The van der Waals surface area contributed by atoms with Crippen LogP contribution in [0.1, 0.15) is 10.4 Å². The number of pyridine rings is 1. The minimum atomic E-state index is -0.908. The SMILES string of the molecule is O=C(O)c1ccc(-[n+]2cccc3ccccc32)cc1.[CH3-].[Y]. The van der Waals surface area contributed by atoms with Crippen molar-refractivity contribution < 1.29 is 47.2 Å². The first-order chi connectivity index (χ1) is 9.25. The molecule has 4 heteroatoms. The minimum absolute atomic E-state index is 0. The molecule has 1 heterocycles. The summed E-state index contributed by atoms with van der Waals surface area (Å²) in [6.07, 6.45) is 1.97. The van der Waals surface area contributed by atoms with Gasteiger partial charge in [-0.2, -0.15) is 4.57 Å². The van der Waals surface area contributed by atoms with Gasteiger partial charge in [0.2, 0.25) is 11.2 Å². The van der Waals surface area contributed by atoms with Crippen molar-refractivity contribution in [1.82, 2.24) is 0 Å². The van der Waals surface area contributed by atoms with Crippen LogP contribution in [0.3, 0.4) is 0 Å². The summed E-state index contributed by atoms with van der Waals surface area (Å²) in [6.45, 7) is 0. The number of benzene rings is 2. The summed E-state index contributed by atoms with van der Waals surface area (Å²) in [5.74, 6) is -0.908. The van der Waals surface area contributed by atoms with Crippen molar-refractivity contribution in [2.24, 2.45) is 0 Å². The van der Waals surface area contributed by atoms with Crippen molar-refractivity contribution in [2.75, 3.05) is 0 Å². The second kappa shape index (κ2) is 7.44. The molecule has 0 aliphatic heterocycles. The van der Waals surface area contributed by atoms with Crippen LogP contribution in [0, 0.1) is 7.43 Å². The number of carbonyl (C=O) groups is 1. The van der Waals surface area contributed by atoms with E-state index >= 15 is 0 Å². The number of para-hydroxylation sites is 1. The third-order valence-corrected chi connectivity index (χ3v) is 3.10. The molecular weight excluding hydrogens is 339 g/mol. The molecule has 3 rings (SSSR count). The minimum Gasteiger partial charge on any atom is -0.478 e. The third kappa shape index (κ3) is 3.55. The number of fused-ring (bicyclic) bond motifs is 1. The first-order valence-corrected chi connectivity index (χ1v) is 5.99. The number of carboxylic acids is 1. The second-order valence-corrected chi connectivity index (χ2v) is 4.29. The average Bonchev–Trinajstić information content (AvgIpc) is 2.47. The molecule has 1 N–H and O–H groups in total. The van der Waals surface area contributed by atoms with Gasteiger partial charge >= 0.3 is 5.97 Å². The number of rotatable bonds is 2. The Balaban J connectivity index is 0.00000110. The van der Waals surface area contributed by atoms with Gasteiger partial charge in [-0.3, -0.25) is 0 Å². The van der Waals surface area contributed by atoms with Crippen molar-refractivity contribution in [3.8, 4) is 5.69 Å². The summed E-state index contributed by atoms with van der Waals surface area (Å²) in [7, 11) is 0. The van der Waals surface area contributed by atoms with Crippen LogP contribution in [0.5, 0.6) is 0 Å². The molecule has 103 valence electrons. The van der Waals surface area contributed by atoms with E-state index in [-0.39, 0.29) is 40.1 Å². The predicted octanol–water partition coefficient (Wildman–Crippen LogP) is 3.26. The molecule has 1 aromatic heterocycles. The van der Waals surface area contributed by atoms with E-state index in [0.717, 1.165) is 16.6 Å². The van der Waals surface area contributed by atoms with E-state index in [4.69, 9.17) is 5.11 Å². The normalized spacial score (nSPS) is 9.52. The van der Waals surface area contributed by atoms with Gasteiger partial charge in [0.1, 0.15) is 0 Å². The van der Waals surface area contributed by atoms with Gasteiger partial charge in [-0.05, 0) is 24.3 Å². The molecule has 0 saturated heterocycles. The van der Waals surface area contributed by atoms with Crippen LogP contribution in [0.15, 0.2) is 66.9 Å². The van der Waals surface area contributed by atoms with Crippen LogP contribution in [-0.4, -0.2) is 11.1 Å². The van der Waals surface area contributed by atoms with Gasteiger partial charge in [0.15, 0.2) is 6.20 Å². The fourth-order valence-electron chi connectivity index (χ4n) is 2.15. The first kappa shape index (κ1) is 17.5. The Labute approximate surface area is 149 Å². The van der Waals surface area contributed by atoms with Crippen LogP contribution in [0.2, 0.25) is 0 Å². The largest absolute Gasteiger partial charge is 0.478 e. The molecule has 3 aromatic rings. The van der Waals surface area contributed by atoms with Crippen molar-refractivity contribution in [1.29, 1.82) is 0 Å². The average molecular weight is 354 g/mol. The summed E-state index contributed by atoms with van der Waals surface area (Å²) >= 11 is 0. The zero-order chi connectivity index (χ0) is 13.2. The standard InChI is InChI=1S/C16H11NO2.CH3.Y/c18-16(19)13-7-9-14(10-8-13)17-11-3-5-12-4-1-2-6-15(12)17;;/h1-11H;1H3;/q;-1;/p+1. The quantitative estimate of drug-likeness (QED) is 0.567. The summed E-state index contributed by atoms with van der Waals surface area (Å²) < 4.78 is 2.04. The molecule has 2 aromatic carbocycles.